The Morgan fingerprint density at radius 2 is 1.55 bits per heavy atom. The standard InChI is InChI=1S/C17H27NO4/c1-3-21-16(19)14-11-18-15(17(20)22-4-2)13-10-8-6-5-7-9-12(13)14/h11-15H,3-10H2,1-2H3/t12-,13-,14?,15?/m1/s1. The van der Waals surface area contributed by atoms with Crippen LogP contribution in [0.4, 0.5) is 0 Å². The molecule has 4 atom stereocenters. The van der Waals surface area contributed by atoms with Crippen LogP contribution in [0, 0.1) is 17.8 Å². The molecular weight excluding hydrogens is 282 g/mol. The minimum Gasteiger partial charge on any atom is -0.465 e. The summed E-state index contributed by atoms with van der Waals surface area (Å²) in [5, 5.41) is 0. The highest BCUT2D eigenvalue weighted by Gasteiger charge is 2.44. The van der Waals surface area contributed by atoms with Gasteiger partial charge >= 0.3 is 11.9 Å². The number of aliphatic imine (C=N–C) groups is 1. The van der Waals surface area contributed by atoms with Crippen molar-refractivity contribution in [3.8, 4) is 0 Å². The van der Waals surface area contributed by atoms with Gasteiger partial charge in [-0.3, -0.25) is 9.79 Å². The Balaban J connectivity index is 2.22. The van der Waals surface area contributed by atoms with Gasteiger partial charge in [-0.1, -0.05) is 25.7 Å². The van der Waals surface area contributed by atoms with Gasteiger partial charge in [-0.05, 0) is 38.5 Å². The molecule has 2 rings (SSSR count). The van der Waals surface area contributed by atoms with Crippen LogP contribution in [0.1, 0.15) is 52.4 Å². The first-order chi connectivity index (χ1) is 10.7. The summed E-state index contributed by atoms with van der Waals surface area (Å²) in [7, 11) is 0. The number of ether oxygens (including phenoxy) is 2. The van der Waals surface area contributed by atoms with E-state index in [1.54, 1.807) is 6.21 Å². The van der Waals surface area contributed by atoms with Crippen molar-refractivity contribution in [1.29, 1.82) is 0 Å². The molecule has 0 aromatic carbocycles. The third-order valence-corrected chi connectivity index (χ3v) is 4.74. The monoisotopic (exact) mass is 309 g/mol. The van der Waals surface area contributed by atoms with Crippen molar-refractivity contribution in [3.05, 3.63) is 0 Å². The van der Waals surface area contributed by atoms with Crippen LogP contribution in [-0.4, -0.2) is 37.4 Å². The Labute approximate surface area is 132 Å². The summed E-state index contributed by atoms with van der Waals surface area (Å²) in [5.74, 6) is -0.528. The Bertz CT molecular complexity index is 383. The number of fused-ring (bicyclic) bond motifs is 1. The predicted octanol–water partition coefficient (Wildman–Crippen LogP) is 2.77. The largest absolute Gasteiger partial charge is 0.465 e. The predicted molar refractivity (Wildman–Crippen MR) is 83.7 cm³/mol. The minimum absolute atomic E-state index is 0.0961. The molecule has 2 aliphatic rings. The quantitative estimate of drug-likeness (QED) is 0.749. The van der Waals surface area contributed by atoms with E-state index in [2.05, 4.69) is 4.99 Å². The third-order valence-electron chi connectivity index (χ3n) is 4.74. The fraction of sp³-hybridized carbons (Fsp3) is 0.824. The van der Waals surface area contributed by atoms with Gasteiger partial charge in [-0.15, -0.1) is 0 Å². The maximum atomic E-state index is 12.2. The molecule has 1 aliphatic carbocycles. The molecular formula is C17H27NO4. The van der Waals surface area contributed by atoms with E-state index in [4.69, 9.17) is 9.47 Å². The topological polar surface area (TPSA) is 65.0 Å². The van der Waals surface area contributed by atoms with Crippen molar-refractivity contribution < 1.29 is 19.1 Å². The molecule has 0 saturated heterocycles. The molecule has 0 N–H and O–H groups in total. The fourth-order valence-electron chi connectivity index (χ4n) is 3.72. The first kappa shape index (κ1) is 17.0. The van der Waals surface area contributed by atoms with E-state index in [9.17, 15) is 9.59 Å². The van der Waals surface area contributed by atoms with Gasteiger partial charge in [0.05, 0.1) is 19.1 Å². The van der Waals surface area contributed by atoms with Gasteiger partial charge in [0.1, 0.15) is 6.04 Å². The zero-order chi connectivity index (χ0) is 15.9. The summed E-state index contributed by atoms with van der Waals surface area (Å²) >= 11 is 0. The first-order valence-corrected chi connectivity index (χ1v) is 8.55. The molecule has 1 heterocycles. The summed E-state index contributed by atoms with van der Waals surface area (Å²) in [6.07, 6.45) is 8.09. The van der Waals surface area contributed by atoms with Crippen molar-refractivity contribution >= 4 is 18.2 Å². The van der Waals surface area contributed by atoms with Crippen molar-refractivity contribution in [3.63, 3.8) is 0 Å². The van der Waals surface area contributed by atoms with Crippen molar-refractivity contribution in [1.82, 2.24) is 0 Å². The molecule has 22 heavy (non-hydrogen) atoms. The second-order valence-corrected chi connectivity index (χ2v) is 6.09. The Kier molecular flexibility index (Phi) is 6.40. The van der Waals surface area contributed by atoms with Crippen LogP contribution in [0.25, 0.3) is 0 Å². The normalized spacial score (nSPS) is 31.5. The van der Waals surface area contributed by atoms with E-state index in [1.165, 1.54) is 12.8 Å². The van der Waals surface area contributed by atoms with Crippen molar-refractivity contribution in [2.75, 3.05) is 13.2 Å². The van der Waals surface area contributed by atoms with Gasteiger partial charge in [0.2, 0.25) is 0 Å². The number of esters is 2. The second-order valence-electron chi connectivity index (χ2n) is 6.09. The lowest BCUT2D eigenvalue weighted by Gasteiger charge is -2.38. The summed E-state index contributed by atoms with van der Waals surface area (Å²) in [4.78, 5) is 28.8. The Hall–Kier alpha value is -1.39. The molecule has 5 nitrogen and oxygen atoms in total. The summed E-state index contributed by atoms with van der Waals surface area (Å²) in [6, 6.07) is -0.450. The SMILES string of the molecule is CCOC(=O)C1C=NC(C(=O)OCC)[C@@H]2CCCCCC[C@@H]12. The first-order valence-electron chi connectivity index (χ1n) is 8.55. The molecule has 1 saturated carbocycles. The molecule has 1 aliphatic heterocycles. The fourth-order valence-corrected chi connectivity index (χ4v) is 3.72. The minimum atomic E-state index is -0.450. The number of rotatable bonds is 4. The van der Waals surface area contributed by atoms with Crippen LogP contribution in [0.3, 0.4) is 0 Å². The van der Waals surface area contributed by atoms with E-state index in [1.807, 2.05) is 13.8 Å². The molecule has 0 radical (unpaired) electrons. The zero-order valence-electron chi connectivity index (χ0n) is 13.6. The summed E-state index contributed by atoms with van der Waals surface area (Å²) in [6.45, 7) is 4.36. The van der Waals surface area contributed by atoms with Gasteiger partial charge < -0.3 is 9.47 Å². The molecule has 124 valence electrons. The molecule has 5 heteroatoms. The van der Waals surface area contributed by atoms with Crippen LogP contribution in [-0.2, 0) is 19.1 Å². The second kappa shape index (κ2) is 8.30. The smallest absolute Gasteiger partial charge is 0.331 e. The van der Waals surface area contributed by atoms with Crippen LogP contribution in [0.2, 0.25) is 0 Å². The lowest BCUT2D eigenvalue weighted by molar-refractivity contribution is -0.152. The number of nitrogens with zero attached hydrogens (tertiary/aromatic N) is 1. The van der Waals surface area contributed by atoms with Crippen LogP contribution < -0.4 is 0 Å². The number of carbonyl (C=O) groups excluding carboxylic acids is 2. The van der Waals surface area contributed by atoms with E-state index in [0.29, 0.717) is 13.2 Å². The van der Waals surface area contributed by atoms with Crippen molar-refractivity contribution in [2.24, 2.45) is 22.7 Å². The molecule has 0 aromatic heterocycles. The summed E-state index contributed by atoms with van der Waals surface area (Å²) in [5.41, 5.74) is 0. The van der Waals surface area contributed by atoms with Crippen LogP contribution >= 0.6 is 0 Å². The zero-order valence-corrected chi connectivity index (χ0v) is 13.6. The van der Waals surface area contributed by atoms with Gasteiger partial charge in [0.25, 0.3) is 0 Å². The molecule has 0 amide bonds. The molecule has 2 unspecified atom stereocenters. The molecule has 0 aromatic rings. The highest BCUT2D eigenvalue weighted by molar-refractivity contribution is 5.92. The maximum absolute atomic E-state index is 12.2. The highest BCUT2D eigenvalue weighted by Crippen LogP contribution is 2.39. The lowest BCUT2D eigenvalue weighted by atomic mass is 9.70. The van der Waals surface area contributed by atoms with E-state index in [0.717, 1.165) is 25.7 Å². The van der Waals surface area contributed by atoms with Crippen LogP contribution in [0.15, 0.2) is 4.99 Å². The Morgan fingerprint density at radius 1 is 0.955 bits per heavy atom. The molecule has 0 bridgehead atoms. The molecule has 1 fully saturated rings. The third kappa shape index (κ3) is 3.87. The van der Waals surface area contributed by atoms with Gasteiger partial charge in [0.15, 0.2) is 0 Å². The van der Waals surface area contributed by atoms with E-state index >= 15 is 0 Å². The van der Waals surface area contributed by atoms with Gasteiger partial charge in [0, 0.05) is 6.21 Å². The van der Waals surface area contributed by atoms with Crippen LogP contribution in [0.5, 0.6) is 0 Å². The van der Waals surface area contributed by atoms with Gasteiger partial charge in [-0.2, -0.15) is 0 Å². The maximum Gasteiger partial charge on any atom is 0.331 e. The van der Waals surface area contributed by atoms with Gasteiger partial charge in [-0.25, -0.2) is 4.79 Å². The highest BCUT2D eigenvalue weighted by atomic mass is 16.5. The van der Waals surface area contributed by atoms with E-state index in [-0.39, 0.29) is 29.7 Å². The number of hydrogen-bond donors (Lipinski definition) is 0. The van der Waals surface area contributed by atoms with Crippen molar-refractivity contribution in [2.45, 2.75) is 58.4 Å². The summed E-state index contributed by atoms with van der Waals surface area (Å²) < 4.78 is 10.4. The Morgan fingerprint density at radius 3 is 2.18 bits per heavy atom. The molecule has 0 spiro atoms. The number of carbonyl (C=O) groups is 2. The lowest BCUT2D eigenvalue weighted by Crippen LogP contribution is -2.45. The average Bonchev–Trinajstić information content (AvgIpc) is 2.47. The van der Waals surface area contributed by atoms with E-state index < -0.39 is 6.04 Å². The number of hydrogen-bond acceptors (Lipinski definition) is 5. The average molecular weight is 309 g/mol.